The van der Waals surface area contributed by atoms with Crippen LogP contribution in [-0.4, -0.2) is 30.4 Å². The first-order chi connectivity index (χ1) is 9.20. The molecular formula is C15H16O4. The zero-order valence-corrected chi connectivity index (χ0v) is 10.7. The van der Waals surface area contributed by atoms with Gasteiger partial charge in [0.2, 0.25) is 0 Å². The van der Waals surface area contributed by atoms with Crippen LogP contribution in [0.3, 0.4) is 0 Å². The molecule has 4 nitrogen and oxygen atoms in total. The largest absolute Gasteiger partial charge is 0.490 e. The first-order valence-corrected chi connectivity index (χ1v) is 6.16. The van der Waals surface area contributed by atoms with Gasteiger partial charge in [-0.1, -0.05) is 30.3 Å². The number of hydrogen-bond acceptors (Lipinski definition) is 3. The lowest BCUT2D eigenvalue weighted by Gasteiger charge is -2.13. The number of carboxylic acid groups (broad SMARTS) is 1. The highest BCUT2D eigenvalue weighted by Gasteiger charge is 2.18. The van der Waals surface area contributed by atoms with E-state index in [2.05, 4.69) is 0 Å². The van der Waals surface area contributed by atoms with Crippen molar-refractivity contribution in [1.29, 1.82) is 0 Å². The van der Waals surface area contributed by atoms with E-state index in [1.54, 1.807) is 6.92 Å². The molecule has 0 saturated carbocycles. The minimum absolute atomic E-state index is 0.00150. The first kappa shape index (κ1) is 13.4. The summed E-state index contributed by atoms with van der Waals surface area (Å²) in [6, 6.07) is 13.6. The van der Waals surface area contributed by atoms with Crippen molar-refractivity contribution in [2.24, 2.45) is 0 Å². The molecule has 0 radical (unpaired) electrons. The van der Waals surface area contributed by atoms with E-state index in [0.717, 1.165) is 10.8 Å². The highest BCUT2D eigenvalue weighted by molar-refractivity contribution is 5.83. The summed E-state index contributed by atoms with van der Waals surface area (Å²) < 4.78 is 10.6. The Bertz CT molecular complexity index is 565. The zero-order chi connectivity index (χ0) is 13.7. The number of carboxylic acids is 1. The second kappa shape index (κ2) is 6.20. The van der Waals surface area contributed by atoms with Crippen molar-refractivity contribution in [3.05, 3.63) is 42.5 Å². The summed E-state index contributed by atoms with van der Waals surface area (Å²) in [5, 5.41) is 11.1. The van der Waals surface area contributed by atoms with E-state index in [9.17, 15) is 4.79 Å². The molecule has 0 aliphatic carbocycles. The average molecular weight is 260 g/mol. The topological polar surface area (TPSA) is 55.8 Å². The summed E-state index contributed by atoms with van der Waals surface area (Å²) in [7, 11) is 0. The maximum atomic E-state index is 10.9. The van der Waals surface area contributed by atoms with Crippen molar-refractivity contribution in [2.75, 3.05) is 13.2 Å². The number of hydrogen-bond donors (Lipinski definition) is 1. The minimum Gasteiger partial charge on any atom is -0.490 e. The fourth-order valence-electron chi connectivity index (χ4n) is 1.82. The summed E-state index contributed by atoms with van der Waals surface area (Å²) in [6.45, 7) is 2.10. The van der Waals surface area contributed by atoms with Crippen LogP contribution >= 0.6 is 0 Å². The molecule has 1 N–H and O–H groups in total. The monoisotopic (exact) mass is 260 g/mol. The van der Waals surface area contributed by atoms with Crippen molar-refractivity contribution in [2.45, 2.75) is 13.0 Å². The van der Waals surface area contributed by atoms with Crippen LogP contribution in [0.5, 0.6) is 5.75 Å². The fraction of sp³-hybridized carbons (Fsp3) is 0.267. The van der Waals surface area contributed by atoms with Gasteiger partial charge in [-0.2, -0.15) is 0 Å². The van der Waals surface area contributed by atoms with Crippen molar-refractivity contribution in [1.82, 2.24) is 0 Å². The highest BCUT2D eigenvalue weighted by atomic mass is 16.5. The molecule has 0 heterocycles. The Labute approximate surface area is 111 Å². The van der Waals surface area contributed by atoms with Crippen LogP contribution in [0.2, 0.25) is 0 Å². The Hall–Kier alpha value is -2.07. The number of rotatable bonds is 6. The lowest BCUT2D eigenvalue weighted by Crippen LogP contribution is -2.30. The lowest BCUT2D eigenvalue weighted by molar-refractivity contribution is -0.152. The van der Waals surface area contributed by atoms with Gasteiger partial charge in [0, 0.05) is 6.61 Å². The quantitative estimate of drug-likeness (QED) is 0.867. The Morgan fingerprint density at radius 2 is 1.95 bits per heavy atom. The molecule has 1 atom stereocenters. The van der Waals surface area contributed by atoms with Crippen LogP contribution in [0.25, 0.3) is 10.8 Å². The van der Waals surface area contributed by atoms with E-state index in [4.69, 9.17) is 14.6 Å². The second-order valence-electron chi connectivity index (χ2n) is 4.10. The molecule has 0 bridgehead atoms. The third-order valence-corrected chi connectivity index (χ3v) is 2.77. The van der Waals surface area contributed by atoms with Crippen LogP contribution in [-0.2, 0) is 9.53 Å². The molecule has 2 aromatic rings. The molecular weight excluding hydrogens is 244 g/mol. The van der Waals surface area contributed by atoms with Gasteiger partial charge in [-0.15, -0.1) is 0 Å². The van der Waals surface area contributed by atoms with E-state index in [1.165, 1.54) is 0 Å². The van der Waals surface area contributed by atoms with Crippen molar-refractivity contribution in [3.8, 4) is 5.75 Å². The maximum absolute atomic E-state index is 10.9. The van der Waals surface area contributed by atoms with Gasteiger partial charge in [0.15, 0.2) is 6.10 Å². The number of carbonyl (C=O) groups is 1. The lowest BCUT2D eigenvalue weighted by atomic mass is 10.1. The number of aliphatic carboxylic acids is 1. The minimum atomic E-state index is -1.01. The van der Waals surface area contributed by atoms with E-state index in [-0.39, 0.29) is 6.61 Å². The second-order valence-corrected chi connectivity index (χ2v) is 4.10. The van der Waals surface area contributed by atoms with E-state index in [1.807, 2.05) is 42.5 Å². The van der Waals surface area contributed by atoms with Crippen molar-refractivity contribution in [3.63, 3.8) is 0 Å². The van der Waals surface area contributed by atoms with Gasteiger partial charge in [-0.05, 0) is 29.8 Å². The highest BCUT2D eigenvalue weighted by Crippen LogP contribution is 2.20. The summed E-state index contributed by atoms with van der Waals surface area (Å²) in [5.41, 5.74) is 0. The first-order valence-electron chi connectivity index (χ1n) is 6.16. The summed E-state index contributed by atoms with van der Waals surface area (Å²) in [4.78, 5) is 10.9. The van der Waals surface area contributed by atoms with Crippen LogP contribution in [0, 0.1) is 0 Å². The molecule has 19 heavy (non-hydrogen) atoms. The molecule has 0 saturated heterocycles. The Morgan fingerprint density at radius 1 is 1.21 bits per heavy atom. The Balaban J connectivity index is 2.06. The Kier molecular flexibility index (Phi) is 4.36. The van der Waals surface area contributed by atoms with E-state index >= 15 is 0 Å². The molecule has 100 valence electrons. The molecule has 0 fully saturated rings. The summed E-state index contributed by atoms with van der Waals surface area (Å²) in [5.74, 6) is -0.368. The third kappa shape index (κ3) is 3.45. The van der Waals surface area contributed by atoms with Crippen LogP contribution < -0.4 is 4.74 Å². The molecule has 0 aliphatic rings. The van der Waals surface area contributed by atoms with Gasteiger partial charge < -0.3 is 14.6 Å². The number of benzene rings is 2. The maximum Gasteiger partial charge on any atom is 0.336 e. The molecule has 0 aromatic heterocycles. The molecule has 0 aliphatic heterocycles. The molecule has 4 heteroatoms. The molecule has 2 aromatic carbocycles. The van der Waals surface area contributed by atoms with Crippen molar-refractivity contribution < 1.29 is 19.4 Å². The average Bonchev–Trinajstić information content (AvgIpc) is 2.43. The van der Waals surface area contributed by atoms with Gasteiger partial charge >= 0.3 is 5.97 Å². The predicted octanol–water partition coefficient (Wildman–Crippen LogP) is 2.71. The van der Waals surface area contributed by atoms with Gasteiger partial charge in [0.1, 0.15) is 12.4 Å². The number of ether oxygens (including phenoxy) is 2. The third-order valence-electron chi connectivity index (χ3n) is 2.77. The van der Waals surface area contributed by atoms with Gasteiger partial charge in [-0.25, -0.2) is 4.79 Å². The van der Waals surface area contributed by atoms with Crippen LogP contribution in [0.4, 0.5) is 0 Å². The summed E-state index contributed by atoms with van der Waals surface area (Å²) >= 11 is 0. The molecule has 1 unspecified atom stereocenters. The van der Waals surface area contributed by atoms with Crippen LogP contribution in [0.1, 0.15) is 6.92 Å². The van der Waals surface area contributed by atoms with Gasteiger partial charge in [-0.3, -0.25) is 0 Å². The van der Waals surface area contributed by atoms with Gasteiger partial charge in [0.05, 0.1) is 0 Å². The normalized spacial score (nSPS) is 12.3. The standard InChI is InChI=1S/C15H16O4/c1-2-18-14(15(16)17)10-19-13-8-7-11-5-3-4-6-12(11)9-13/h3-9,14H,2,10H2,1H3,(H,16,17). The Morgan fingerprint density at radius 3 is 2.63 bits per heavy atom. The molecule has 0 amide bonds. The number of fused-ring (bicyclic) bond motifs is 1. The van der Waals surface area contributed by atoms with E-state index in [0.29, 0.717) is 12.4 Å². The van der Waals surface area contributed by atoms with Gasteiger partial charge in [0.25, 0.3) is 0 Å². The summed E-state index contributed by atoms with van der Waals surface area (Å²) in [6.07, 6.45) is -0.934. The fourth-order valence-corrected chi connectivity index (χ4v) is 1.82. The molecule has 2 rings (SSSR count). The van der Waals surface area contributed by atoms with E-state index < -0.39 is 12.1 Å². The SMILES string of the molecule is CCOC(COc1ccc2ccccc2c1)C(=O)O. The van der Waals surface area contributed by atoms with Crippen molar-refractivity contribution >= 4 is 16.7 Å². The zero-order valence-electron chi connectivity index (χ0n) is 10.7. The predicted molar refractivity (Wildman–Crippen MR) is 72.5 cm³/mol. The smallest absolute Gasteiger partial charge is 0.336 e. The van der Waals surface area contributed by atoms with Crippen LogP contribution in [0.15, 0.2) is 42.5 Å². The molecule has 0 spiro atoms.